The SMILES string of the molecule is CCNCCCCc1cn(CCCSC)c2ccccc12. The van der Waals surface area contributed by atoms with E-state index in [4.69, 9.17) is 0 Å². The van der Waals surface area contributed by atoms with Crippen molar-refractivity contribution in [3.63, 3.8) is 0 Å². The lowest BCUT2D eigenvalue weighted by Crippen LogP contribution is -2.13. The first-order valence-electron chi connectivity index (χ1n) is 8.13. The van der Waals surface area contributed by atoms with Gasteiger partial charge in [0.05, 0.1) is 0 Å². The third-order valence-electron chi connectivity index (χ3n) is 3.92. The fourth-order valence-electron chi connectivity index (χ4n) is 2.83. The maximum Gasteiger partial charge on any atom is 0.0483 e. The zero-order valence-corrected chi connectivity index (χ0v) is 14.2. The fourth-order valence-corrected chi connectivity index (χ4v) is 3.25. The molecular weight excluding hydrogens is 276 g/mol. The summed E-state index contributed by atoms with van der Waals surface area (Å²) in [5.74, 6) is 1.24. The summed E-state index contributed by atoms with van der Waals surface area (Å²) in [5.41, 5.74) is 2.92. The van der Waals surface area contributed by atoms with Crippen molar-refractivity contribution in [2.75, 3.05) is 25.1 Å². The third-order valence-corrected chi connectivity index (χ3v) is 4.62. The molecule has 0 unspecified atom stereocenters. The van der Waals surface area contributed by atoms with Crippen LogP contribution in [0.3, 0.4) is 0 Å². The van der Waals surface area contributed by atoms with Crippen LogP contribution in [0.2, 0.25) is 0 Å². The van der Waals surface area contributed by atoms with Crippen molar-refractivity contribution in [3.05, 3.63) is 36.0 Å². The van der Waals surface area contributed by atoms with Crippen LogP contribution in [0.5, 0.6) is 0 Å². The van der Waals surface area contributed by atoms with Crippen molar-refractivity contribution in [2.45, 2.75) is 39.2 Å². The molecule has 1 heterocycles. The zero-order chi connectivity index (χ0) is 14.9. The molecule has 0 saturated carbocycles. The molecule has 0 saturated heterocycles. The number of para-hydroxylation sites is 1. The van der Waals surface area contributed by atoms with Crippen molar-refractivity contribution in [3.8, 4) is 0 Å². The van der Waals surface area contributed by atoms with Crippen molar-refractivity contribution < 1.29 is 0 Å². The van der Waals surface area contributed by atoms with Gasteiger partial charge in [-0.15, -0.1) is 0 Å². The van der Waals surface area contributed by atoms with E-state index in [1.54, 1.807) is 0 Å². The number of benzene rings is 1. The summed E-state index contributed by atoms with van der Waals surface area (Å²) >= 11 is 1.93. The van der Waals surface area contributed by atoms with E-state index in [0.29, 0.717) is 0 Å². The topological polar surface area (TPSA) is 17.0 Å². The molecule has 2 nitrogen and oxygen atoms in total. The first kappa shape index (κ1) is 16.4. The Morgan fingerprint density at radius 1 is 1.14 bits per heavy atom. The van der Waals surface area contributed by atoms with E-state index in [9.17, 15) is 0 Å². The monoisotopic (exact) mass is 304 g/mol. The predicted octanol–water partition coefficient (Wildman–Crippen LogP) is 4.33. The molecule has 2 aromatic rings. The largest absolute Gasteiger partial charge is 0.347 e. The van der Waals surface area contributed by atoms with Gasteiger partial charge in [0.25, 0.3) is 0 Å². The van der Waals surface area contributed by atoms with Crippen LogP contribution in [0.25, 0.3) is 10.9 Å². The van der Waals surface area contributed by atoms with E-state index in [-0.39, 0.29) is 0 Å². The van der Waals surface area contributed by atoms with Gasteiger partial charge >= 0.3 is 0 Å². The predicted molar refractivity (Wildman–Crippen MR) is 96.4 cm³/mol. The molecule has 116 valence electrons. The molecule has 2 rings (SSSR count). The molecule has 0 aliphatic carbocycles. The number of nitrogens with one attached hydrogen (secondary N) is 1. The first-order chi connectivity index (χ1) is 10.4. The number of rotatable bonds is 10. The summed E-state index contributed by atoms with van der Waals surface area (Å²) in [6, 6.07) is 8.86. The molecule has 0 amide bonds. The molecule has 1 aromatic carbocycles. The van der Waals surface area contributed by atoms with Gasteiger partial charge in [0.2, 0.25) is 0 Å². The summed E-state index contributed by atoms with van der Waals surface area (Å²) < 4.78 is 2.45. The highest BCUT2D eigenvalue weighted by Gasteiger charge is 2.07. The summed E-state index contributed by atoms with van der Waals surface area (Å²) in [7, 11) is 0. The number of nitrogens with zero attached hydrogens (tertiary/aromatic N) is 1. The Balaban J connectivity index is 2.01. The summed E-state index contributed by atoms with van der Waals surface area (Å²) in [6.07, 6.45) is 9.55. The van der Waals surface area contributed by atoms with E-state index in [2.05, 4.69) is 53.5 Å². The molecule has 0 fully saturated rings. The minimum absolute atomic E-state index is 1.08. The second-order valence-corrected chi connectivity index (χ2v) is 6.51. The van der Waals surface area contributed by atoms with E-state index < -0.39 is 0 Å². The Hall–Kier alpha value is -0.930. The molecule has 0 aliphatic heterocycles. The van der Waals surface area contributed by atoms with Gasteiger partial charge < -0.3 is 9.88 Å². The van der Waals surface area contributed by atoms with E-state index >= 15 is 0 Å². The normalized spacial score (nSPS) is 11.3. The van der Waals surface area contributed by atoms with Gasteiger partial charge in [0, 0.05) is 23.6 Å². The van der Waals surface area contributed by atoms with Crippen LogP contribution in [-0.2, 0) is 13.0 Å². The Morgan fingerprint density at radius 2 is 2.00 bits per heavy atom. The fraction of sp³-hybridized carbons (Fsp3) is 0.556. The molecule has 0 aliphatic rings. The summed E-state index contributed by atoms with van der Waals surface area (Å²) in [5, 5.41) is 4.85. The van der Waals surface area contributed by atoms with Gasteiger partial charge in [-0.3, -0.25) is 0 Å². The van der Waals surface area contributed by atoms with Crippen LogP contribution in [-0.4, -0.2) is 29.7 Å². The highest BCUT2D eigenvalue weighted by Crippen LogP contribution is 2.23. The molecule has 0 bridgehead atoms. The Bertz CT molecular complexity index is 533. The summed E-state index contributed by atoms with van der Waals surface area (Å²) in [4.78, 5) is 0. The lowest BCUT2D eigenvalue weighted by molar-refractivity contribution is 0.639. The van der Waals surface area contributed by atoms with Crippen LogP contribution < -0.4 is 5.32 Å². The molecule has 3 heteroatoms. The highest BCUT2D eigenvalue weighted by molar-refractivity contribution is 7.98. The van der Waals surface area contributed by atoms with Gasteiger partial charge in [-0.25, -0.2) is 0 Å². The lowest BCUT2D eigenvalue weighted by Gasteiger charge is -2.03. The highest BCUT2D eigenvalue weighted by atomic mass is 32.2. The van der Waals surface area contributed by atoms with Crippen LogP contribution in [0, 0.1) is 0 Å². The van der Waals surface area contributed by atoms with Gasteiger partial charge in [0.1, 0.15) is 0 Å². The number of hydrogen-bond acceptors (Lipinski definition) is 2. The van der Waals surface area contributed by atoms with Crippen molar-refractivity contribution >= 4 is 22.7 Å². The molecular formula is C18H28N2S. The summed E-state index contributed by atoms with van der Waals surface area (Å²) in [6.45, 7) is 5.53. The van der Waals surface area contributed by atoms with Gasteiger partial charge in [0.15, 0.2) is 0 Å². The van der Waals surface area contributed by atoms with Crippen LogP contribution in [0.4, 0.5) is 0 Å². The smallest absolute Gasteiger partial charge is 0.0483 e. The van der Waals surface area contributed by atoms with Crippen molar-refractivity contribution in [1.82, 2.24) is 9.88 Å². The van der Waals surface area contributed by atoms with Crippen molar-refractivity contribution in [2.24, 2.45) is 0 Å². The second kappa shape index (κ2) is 9.16. The number of hydrogen-bond donors (Lipinski definition) is 1. The number of fused-ring (bicyclic) bond motifs is 1. The first-order valence-corrected chi connectivity index (χ1v) is 9.52. The molecule has 1 N–H and O–H groups in total. The zero-order valence-electron chi connectivity index (χ0n) is 13.4. The lowest BCUT2D eigenvalue weighted by atomic mass is 10.1. The third kappa shape index (κ3) is 4.79. The van der Waals surface area contributed by atoms with E-state index in [1.807, 2.05) is 11.8 Å². The standard InChI is InChI=1S/C18H28N2S/c1-3-19-12-7-6-9-16-15-20(13-8-14-21-2)18-11-5-4-10-17(16)18/h4-5,10-11,15,19H,3,6-9,12-14H2,1-2H3. The second-order valence-electron chi connectivity index (χ2n) is 5.52. The van der Waals surface area contributed by atoms with Crippen LogP contribution in [0.15, 0.2) is 30.5 Å². The molecule has 0 radical (unpaired) electrons. The molecule has 21 heavy (non-hydrogen) atoms. The molecule has 1 aromatic heterocycles. The van der Waals surface area contributed by atoms with Crippen LogP contribution >= 0.6 is 11.8 Å². The van der Waals surface area contributed by atoms with Crippen LogP contribution in [0.1, 0.15) is 31.7 Å². The maximum atomic E-state index is 3.40. The minimum atomic E-state index is 1.08. The Kier molecular flexibility index (Phi) is 7.17. The number of thioether (sulfide) groups is 1. The average molecular weight is 305 g/mol. The average Bonchev–Trinajstić information content (AvgIpc) is 2.86. The Labute approximate surface area is 133 Å². The van der Waals surface area contributed by atoms with E-state index in [0.717, 1.165) is 19.6 Å². The van der Waals surface area contributed by atoms with Crippen molar-refractivity contribution in [1.29, 1.82) is 0 Å². The molecule has 0 spiro atoms. The molecule has 0 atom stereocenters. The minimum Gasteiger partial charge on any atom is -0.347 e. The number of aryl methyl sites for hydroxylation is 2. The number of aromatic nitrogens is 1. The van der Waals surface area contributed by atoms with Gasteiger partial charge in [-0.05, 0) is 62.4 Å². The quantitative estimate of drug-likeness (QED) is 0.658. The Morgan fingerprint density at radius 3 is 2.81 bits per heavy atom. The maximum absolute atomic E-state index is 3.40. The number of unbranched alkanes of at least 4 members (excludes halogenated alkanes) is 1. The van der Waals surface area contributed by atoms with Gasteiger partial charge in [-0.1, -0.05) is 25.1 Å². The van der Waals surface area contributed by atoms with Gasteiger partial charge in [-0.2, -0.15) is 11.8 Å². The van der Waals surface area contributed by atoms with E-state index in [1.165, 1.54) is 47.9 Å².